The average Bonchev–Trinajstić information content (AvgIpc) is 2.99. The Kier molecular flexibility index (Phi) is 5.92. The van der Waals surface area contributed by atoms with Gasteiger partial charge in [0.15, 0.2) is 0 Å². The van der Waals surface area contributed by atoms with Gasteiger partial charge in [-0.1, -0.05) is 34.8 Å². The Bertz CT molecular complexity index is 1090. The minimum atomic E-state index is -4.59. The van der Waals surface area contributed by atoms with E-state index in [1.54, 1.807) is 13.0 Å². The average molecular weight is 466 g/mol. The molecular weight excluding hydrogens is 456 g/mol. The van der Waals surface area contributed by atoms with Gasteiger partial charge in [0.25, 0.3) is 0 Å². The standard InChI is InChI=1S/C17H10Cl3F3N4O2/c1-8-4-14(29-15-13(20)5-9(7-24-15)17(21,22)23)26-27(8)16(28)25-10-2-3-11(18)12(19)6-10/h2-7H,1H3,(H,25,28). The number of ether oxygens (including phenoxy) is 1. The first kappa shape index (κ1) is 21.2. The van der Waals surface area contributed by atoms with Crippen molar-refractivity contribution in [1.82, 2.24) is 14.8 Å². The van der Waals surface area contributed by atoms with Crippen molar-refractivity contribution in [3.8, 4) is 11.8 Å². The van der Waals surface area contributed by atoms with Gasteiger partial charge >= 0.3 is 12.2 Å². The number of nitrogens with one attached hydrogen (secondary N) is 1. The zero-order chi connectivity index (χ0) is 21.3. The summed E-state index contributed by atoms with van der Waals surface area (Å²) in [6.45, 7) is 1.58. The van der Waals surface area contributed by atoms with E-state index in [0.29, 0.717) is 28.7 Å². The molecule has 3 rings (SSSR count). The number of aryl methyl sites for hydroxylation is 1. The number of nitrogens with zero attached hydrogens (tertiary/aromatic N) is 3. The minimum absolute atomic E-state index is 0.0825. The summed E-state index contributed by atoms with van der Waals surface area (Å²) in [7, 11) is 0. The first-order chi connectivity index (χ1) is 13.5. The number of aromatic nitrogens is 3. The van der Waals surface area contributed by atoms with Crippen molar-refractivity contribution in [1.29, 1.82) is 0 Å². The molecule has 0 saturated heterocycles. The smallest absolute Gasteiger partial charge is 0.417 e. The zero-order valence-corrected chi connectivity index (χ0v) is 16.7. The minimum Gasteiger partial charge on any atom is -0.417 e. The fourth-order valence-corrected chi connectivity index (χ4v) is 2.71. The normalized spacial score (nSPS) is 11.4. The van der Waals surface area contributed by atoms with Gasteiger partial charge in [-0.05, 0) is 31.2 Å². The molecule has 0 aliphatic heterocycles. The number of halogens is 6. The predicted octanol–water partition coefficient (Wildman–Crippen LogP) is 6.44. The van der Waals surface area contributed by atoms with Crippen molar-refractivity contribution in [3.05, 3.63) is 62.9 Å². The van der Waals surface area contributed by atoms with Crippen molar-refractivity contribution in [2.24, 2.45) is 0 Å². The molecule has 0 saturated carbocycles. The van der Waals surface area contributed by atoms with Crippen LogP contribution in [0.15, 0.2) is 36.5 Å². The second-order valence-electron chi connectivity index (χ2n) is 5.71. The number of anilines is 1. The molecule has 0 spiro atoms. The zero-order valence-electron chi connectivity index (χ0n) is 14.4. The number of carbonyl (C=O) groups is 1. The second-order valence-corrected chi connectivity index (χ2v) is 6.93. The van der Waals surface area contributed by atoms with E-state index < -0.39 is 17.8 Å². The Morgan fingerprint density at radius 1 is 1.10 bits per heavy atom. The number of rotatable bonds is 3. The first-order valence-electron chi connectivity index (χ1n) is 7.78. The molecule has 0 bridgehead atoms. The highest BCUT2D eigenvalue weighted by atomic mass is 35.5. The largest absolute Gasteiger partial charge is 0.417 e. The van der Waals surface area contributed by atoms with Crippen LogP contribution in [0.5, 0.6) is 11.8 Å². The van der Waals surface area contributed by atoms with Crippen molar-refractivity contribution in [3.63, 3.8) is 0 Å². The van der Waals surface area contributed by atoms with Crippen molar-refractivity contribution in [2.45, 2.75) is 13.1 Å². The highest BCUT2D eigenvalue weighted by molar-refractivity contribution is 6.42. The van der Waals surface area contributed by atoms with Crippen LogP contribution in [0, 0.1) is 6.92 Å². The molecule has 3 aromatic rings. The van der Waals surface area contributed by atoms with E-state index in [2.05, 4.69) is 15.4 Å². The Morgan fingerprint density at radius 2 is 1.83 bits per heavy atom. The fourth-order valence-electron chi connectivity index (χ4n) is 2.21. The number of benzene rings is 1. The topological polar surface area (TPSA) is 69.0 Å². The third kappa shape index (κ3) is 4.92. The molecule has 29 heavy (non-hydrogen) atoms. The Morgan fingerprint density at radius 3 is 2.45 bits per heavy atom. The Labute approximate surface area is 177 Å². The molecule has 6 nitrogen and oxygen atoms in total. The first-order valence-corrected chi connectivity index (χ1v) is 8.91. The van der Waals surface area contributed by atoms with E-state index in [9.17, 15) is 18.0 Å². The lowest BCUT2D eigenvalue weighted by Crippen LogP contribution is -2.21. The highest BCUT2D eigenvalue weighted by Gasteiger charge is 2.32. The van der Waals surface area contributed by atoms with Crippen LogP contribution in [0.3, 0.4) is 0 Å². The maximum Gasteiger partial charge on any atom is 0.417 e. The van der Waals surface area contributed by atoms with Crippen LogP contribution in [0.2, 0.25) is 15.1 Å². The number of amides is 1. The van der Waals surface area contributed by atoms with Crippen LogP contribution in [0.1, 0.15) is 11.3 Å². The summed E-state index contributed by atoms with van der Waals surface area (Å²) in [6.07, 6.45) is -4.00. The quantitative estimate of drug-likeness (QED) is 0.483. The molecule has 0 atom stereocenters. The maximum atomic E-state index is 12.7. The summed E-state index contributed by atoms with van der Waals surface area (Å²) in [4.78, 5) is 16.0. The lowest BCUT2D eigenvalue weighted by atomic mass is 10.3. The fraction of sp³-hybridized carbons (Fsp3) is 0.118. The lowest BCUT2D eigenvalue weighted by Gasteiger charge is -2.09. The third-order valence-electron chi connectivity index (χ3n) is 3.56. The van der Waals surface area contributed by atoms with Gasteiger partial charge in [-0.25, -0.2) is 9.78 Å². The summed E-state index contributed by atoms with van der Waals surface area (Å²) < 4.78 is 44.4. The molecule has 1 amide bonds. The van der Waals surface area contributed by atoms with Crippen molar-refractivity contribution < 1.29 is 22.7 Å². The molecule has 2 heterocycles. The molecule has 0 unspecified atom stereocenters. The molecule has 1 aromatic carbocycles. The van der Waals surface area contributed by atoms with E-state index >= 15 is 0 Å². The summed E-state index contributed by atoms with van der Waals surface area (Å²) in [5, 5.41) is 6.77. The second kappa shape index (κ2) is 8.10. The van der Waals surface area contributed by atoms with Crippen LogP contribution in [0.4, 0.5) is 23.7 Å². The third-order valence-corrected chi connectivity index (χ3v) is 4.57. The summed E-state index contributed by atoms with van der Waals surface area (Å²) in [5.41, 5.74) is -0.243. The van der Waals surface area contributed by atoms with E-state index in [1.807, 2.05) is 0 Å². The van der Waals surface area contributed by atoms with Gasteiger partial charge in [0.1, 0.15) is 5.02 Å². The SMILES string of the molecule is Cc1cc(Oc2ncc(C(F)(F)F)cc2Cl)nn1C(=O)Nc1ccc(Cl)c(Cl)c1. The van der Waals surface area contributed by atoms with Gasteiger partial charge in [0.2, 0.25) is 11.8 Å². The van der Waals surface area contributed by atoms with E-state index in [0.717, 1.165) is 4.68 Å². The van der Waals surface area contributed by atoms with Crippen molar-refractivity contribution in [2.75, 3.05) is 5.32 Å². The molecule has 0 fully saturated rings. The molecule has 1 N–H and O–H groups in total. The molecule has 0 aliphatic carbocycles. The molecule has 0 radical (unpaired) electrons. The number of alkyl halides is 3. The molecular formula is C17H10Cl3F3N4O2. The molecule has 0 aliphatic rings. The highest BCUT2D eigenvalue weighted by Crippen LogP contribution is 2.34. The summed E-state index contributed by atoms with van der Waals surface area (Å²) >= 11 is 17.5. The van der Waals surface area contributed by atoms with Crippen LogP contribution in [-0.4, -0.2) is 20.8 Å². The monoisotopic (exact) mass is 464 g/mol. The van der Waals surface area contributed by atoms with Crippen LogP contribution >= 0.6 is 34.8 Å². The van der Waals surface area contributed by atoms with Crippen molar-refractivity contribution >= 4 is 46.5 Å². The molecule has 2 aromatic heterocycles. The molecule has 12 heteroatoms. The Hall–Kier alpha value is -2.49. The number of hydrogen-bond donors (Lipinski definition) is 1. The van der Waals surface area contributed by atoms with Gasteiger partial charge in [0.05, 0.1) is 21.3 Å². The van der Waals surface area contributed by atoms with Crippen LogP contribution in [-0.2, 0) is 6.18 Å². The van der Waals surface area contributed by atoms with Crippen LogP contribution in [0.25, 0.3) is 0 Å². The number of carbonyl (C=O) groups excluding carboxylic acids is 1. The van der Waals surface area contributed by atoms with Gasteiger partial charge in [-0.3, -0.25) is 0 Å². The van der Waals surface area contributed by atoms with Crippen LogP contribution < -0.4 is 10.1 Å². The van der Waals surface area contributed by atoms with E-state index in [1.165, 1.54) is 18.2 Å². The summed E-state index contributed by atoms with van der Waals surface area (Å²) in [5.74, 6) is -0.366. The maximum absolute atomic E-state index is 12.7. The van der Waals surface area contributed by atoms with Gasteiger partial charge in [-0.15, -0.1) is 5.10 Å². The lowest BCUT2D eigenvalue weighted by molar-refractivity contribution is -0.137. The van der Waals surface area contributed by atoms with E-state index in [-0.39, 0.29) is 21.8 Å². The predicted molar refractivity (Wildman–Crippen MR) is 102 cm³/mol. The van der Waals surface area contributed by atoms with Gasteiger partial charge < -0.3 is 10.1 Å². The number of hydrogen-bond acceptors (Lipinski definition) is 4. The van der Waals surface area contributed by atoms with Gasteiger partial charge in [-0.2, -0.15) is 17.9 Å². The van der Waals surface area contributed by atoms with Gasteiger partial charge in [0, 0.05) is 18.0 Å². The Balaban J connectivity index is 1.78. The van der Waals surface area contributed by atoms with E-state index in [4.69, 9.17) is 39.5 Å². The summed E-state index contributed by atoms with van der Waals surface area (Å²) in [6, 6.07) is 5.98. The molecule has 152 valence electrons. The number of pyridine rings is 1.